The number of carbonyl (C=O) groups excluding carboxylic acids is 1. The molecule has 3 N–H and O–H groups in total. The van der Waals surface area contributed by atoms with Crippen molar-refractivity contribution in [1.82, 2.24) is 0 Å². The first-order chi connectivity index (χ1) is 7.47. The van der Waals surface area contributed by atoms with Crippen LogP contribution in [0.4, 0.5) is 11.4 Å². The summed E-state index contributed by atoms with van der Waals surface area (Å²) in [6, 6.07) is 3.53. The largest absolute Gasteiger partial charge is 0.464 e. The first kappa shape index (κ1) is 11.6. The van der Waals surface area contributed by atoms with Crippen molar-refractivity contribution in [3.8, 4) is 0 Å². The summed E-state index contributed by atoms with van der Waals surface area (Å²) in [7, 11) is 1.12. The average molecular weight is 223 g/mol. The minimum absolute atomic E-state index is 0.0129. The number of non-ortho nitro benzene ring substituents is 1. The van der Waals surface area contributed by atoms with Crippen LogP contribution in [0, 0.1) is 15.5 Å². The number of anilines is 1. The average Bonchev–Trinajstić information content (AvgIpc) is 2.27. The van der Waals surface area contributed by atoms with Crippen LogP contribution in [0.3, 0.4) is 0 Å². The van der Waals surface area contributed by atoms with Gasteiger partial charge in [0.2, 0.25) is 0 Å². The second-order valence-electron chi connectivity index (χ2n) is 2.90. The number of benzene rings is 1. The zero-order chi connectivity index (χ0) is 12.3. The Bertz CT molecular complexity index is 470. The summed E-state index contributed by atoms with van der Waals surface area (Å²) in [5.74, 6) is -0.896. The lowest BCUT2D eigenvalue weighted by atomic mass is 10.1. The molecule has 0 radical (unpaired) electrons. The predicted molar refractivity (Wildman–Crippen MR) is 56.4 cm³/mol. The number of hydrogen-bond donors (Lipinski definition) is 2. The topological polar surface area (TPSA) is 119 Å². The Kier molecular flexibility index (Phi) is 3.19. The highest BCUT2D eigenvalue weighted by Gasteiger charge is 2.18. The molecule has 0 saturated heterocycles. The number of nitrogens with zero attached hydrogens (tertiary/aromatic N) is 1. The molecule has 16 heavy (non-hydrogen) atoms. The molecule has 0 unspecified atom stereocenters. The monoisotopic (exact) mass is 223 g/mol. The molecule has 0 spiro atoms. The van der Waals surface area contributed by atoms with Crippen LogP contribution in [0.25, 0.3) is 0 Å². The van der Waals surface area contributed by atoms with Crippen LogP contribution in [-0.4, -0.2) is 23.7 Å². The molecule has 0 aliphatic rings. The zero-order valence-corrected chi connectivity index (χ0v) is 8.39. The minimum atomic E-state index is -0.896. The molecule has 0 aromatic heterocycles. The van der Waals surface area contributed by atoms with E-state index in [4.69, 9.17) is 11.1 Å². The molecule has 0 fully saturated rings. The van der Waals surface area contributed by atoms with E-state index in [-0.39, 0.29) is 16.9 Å². The number of ether oxygens (including phenoxy) is 1. The van der Waals surface area contributed by atoms with Crippen LogP contribution in [0.5, 0.6) is 0 Å². The fraction of sp³-hybridized carbons (Fsp3) is 0.111. The molecular weight excluding hydrogens is 214 g/mol. The molecule has 0 saturated carbocycles. The van der Waals surface area contributed by atoms with Crippen molar-refractivity contribution in [3.05, 3.63) is 33.9 Å². The molecule has 0 bridgehead atoms. The third-order valence-corrected chi connectivity index (χ3v) is 1.91. The van der Waals surface area contributed by atoms with E-state index in [2.05, 4.69) is 4.74 Å². The third-order valence-electron chi connectivity index (χ3n) is 1.91. The van der Waals surface area contributed by atoms with Crippen LogP contribution in [0.2, 0.25) is 0 Å². The van der Waals surface area contributed by atoms with Gasteiger partial charge < -0.3 is 10.5 Å². The summed E-state index contributed by atoms with van der Waals surface area (Å²) >= 11 is 0. The van der Waals surface area contributed by atoms with Gasteiger partial charge in [0, 0.05) is 23.4 Å². The van der Waals surface area contributed by atoms with Gasteiger partial charge in [0.15, 0.2) is 0 Å². The van der Waals surface area contributed by atoms with Crippen LogP contribution in [0.1, 0.15) is 5.56 Å². The second-order valence-corrected chi connectivity index (χ2v) is 2.90. The lowest BCUT2D eigenvalue weighted by Gasteiger charge is -2.05. The Labute approximate surface area is 90.5 Å². The van der Waals surface area contributed by atoms with Gasteiger partial charge in [0.25, 0.3) is 5.69 Å². The second kappa shape index (κ2) is 4.39. The van der Waals surface area contributed by atoms with Gasteiger partial charge in [0.05, 0.1) is 12.0 Å². The fourth-order valence-corrected chi connectivity index (χ4v) is 1.09. The number of methoxy groups -OCH3 is 1. The van der Waals surface area contributed by atoms with Crippen LogP contribution in [-0.2, 0) is 9.53 Å². The van der Waals surface area contributed by atoms with E-state index >= 15 is 0 Å². The molecule has 0 aliphatic carbocycles. The van der Waals surface area contributed by atoms with Gasteiger partial charge in [-0.3, -0.25) is 15.5 Å². The maximum Gasteiger partial charge on any atom is 0.356 e. The lowest BCUT2D eigenvalue weighted by molar-refractivity contribution is -0.384. The van der Waals surface area contributed by atoms with Gasteiger partial charge in [-0.2, -0.15) is 0 Å². The predicted octanol–water partition coefficient (Wildman–Crippen LogP) is 0.718. The van der Waals surface area contributed by atoms with Crippen LogP contribution in [0.15, 0.2) is 18.2 Å². The Morgan fingerprint density at radius 3 is 2.69 bits per heavy atom. The van der Waals surface area contributed by atoms with Gasteiger partial charge >= 0.3 is 5.97 Å². The van der Waals surface area contributed by atoms with Crippen molar-refractivity contribution >= 4 is 23.1 Å². The molecule has 7 heteroatoms. The number of carbonyl (C=O) groups is 1. The smallest absolute Gasteiger partial charge is 0.356 e. The summed E-state index contributed by atoms with van der Waals surface area (Å²) in [4.78, 5) is 20.9. The number of esters is 1. The van der Waals surface area contributed by atoms with E-state index in [1.165, 1.54) is 12.1 Å². The summed E-state index contributed by atoms with van der Waals surface area (Å²) in [6.45, 7) is 0. The van der Waals surface area contributed by atoms with Crippen molar-refractivity contribution in [2.75, 3.05) is 12.8 Å². The number of nitro groups is 1. The molecule has 0 atom stereocenters. The molecule has 0 heterocycles. The van der Waals surface area contributed by atoms with Gasteiger partial charge in [0.1, 0.15) is 5.71 Å². The zero-order valence-electron chi connectivity index (χ0n) is 8.39. The maximum absolute atomic E-state index is 11.1. The standard InChI is InChI=1S/C9H9N3O4/c1-16-9(13)8(11)6-4-5(12(14)15)2-3-7(6)10/h2-4,11H,10H2,1H3. The first-order valence-corrected chi connectivity index (χ1v) is 4.18. The van der Waals surface area contributed by atoms with Gasteiger partial charge in [-0.05, 0) is 6.07 Å². The highest BCUT2D eigenvalue weighted by atomic mass is 16.6. The Morgan fingerprint density at radius 2 is 2.19 bits per heavy atom. The van der Waals surface area contributed by atoms with Crippen molar-refractivity contribution < 1.29 is 14.5 Å². The highest BCUT2D eigenvalue weighted by Crippen LogP contribution is 2.20. The number of rotatable bonds is 3. The molecule has 84 valence electrons. The molecule has 1 aromatic rings. The van der Waals surface area contributed by atoms with E-state index in [0.717, 1.165) is 13.2 Å². The number of nitro benzene ring substituents is 1. The number of nitrogen functional groups attached to an aromatic ring is 1. The lowest BCUT2D eigenvalue weighted by Crippen LogP contribution is -2.17. The molecular formula is C9H9N3O4. The van der Waals surface area contributed by atoms with Gasteiger partial charge in [-0.25, -0.2) is 4.79 Å². The normalized spacial score (nSPS) is 9.56. The van der Waals surface area contributed by atoms with E-state index < -0.39 is 16.6 Å². The molecule has 7 nitrogen and oxygen atoms in total. The van der Waals surface area contributed by atoms with Crippen molar-refractivity contribution in [3.63, 3.8) is 0 Å². The van der Waals surface area contributed by atoms with E-state index in [0.29, 0.717) is 0 Å². The van der Waals surface area contributed by atoms with Crippen LogP contribution < -0.4 is 5.73 Å². The van der Waals surface area contributed by atoms with E-state index in [9.17, 15) is 14.9 Å². The minimum Gasteiger partial charge on any atom is -0.464 e. The number of hydrogen-bond acceptors (Lipinski definition) is 6. The fourth-order valence-electron chi connectivity index (χ4n) is 1.09. The summed E-state index contributed by atoms with van der Waals surface area (Å²) in [6.07, 6.45) is 0. The molecule has 1 rings (SSSR count). The quantitative estimate of drug-likeness (QED) is 0.257. The Morgan fingerprint density at radius 1 is 1.56 bits per heavy atom. The summed E-state index contributed by atoms with van der Waals surface area (Å²) < 4.78 is 4.33. The molecule has 0 amide bonds. The van der Waals surface area contributed by atoms with Gasteiger partial charge in [-0.15, -0.1) is 0 Å². The highest BCUT2D eigenvalue weighted by molar-refractivity contribution is 6.43. The Balaban J connectivity index is 3.22. The maximum atomic E-state index is 11.1. The van der Waals surface area contributed by atoms with Crippen molar-refractivity contribution in [2.24, 2.45) is 0 Å². The van der Waals surface area contributed by atoms with Crippen molar-refractivity contribution in [1.29, 1.82) is 5.41 Å². The molecule has 1 aromatic carbocycles. The number of nitrogens with one attached hydrogen (secondary N) is 1. The third kappa shape index (κ3) is 2.14. The summed E-state index contributed by atoms with van der Waals surface area (Å²) in [5.41, 5.74) is 4.86. The molecule has 0 aliphatic heterocycles. The van der Waals surface area contributed by atoms with Crippen molar-refractivity contribution in [2.45, 2.75) is 0 Å². The Hall–Kier alpha value is -2.44. The van der Waals surface area contributed by atoms with Gasteiger partial charge in [-0.1, -0.05) is 0 Å². The SMILES string of the molecule is COC(=O)C(=N)c1cc([N+](=O)[O-])ccc1N. The first-order valence-electron chi connectivity index (χ1n) is 4.18. The van der Waals surface area contributed by atoms with E-state index in [1.807, 2.05) is 0 Å². The summed E-state index contributed by atoms with van der Waals surface area (Å²) in [5, 5.41) is 17.9. The van der Waals surface area contributed by atoms with Crippen LogP contribution >= 0.6 is 0 Å². The van der Waals surface area contributed by atoms with E-state index in [1.54, 1.807) is 0 Å². The number of nitrogens with two attached hydrogens (primary N) is 1.